The minimum Gasteiger partial charge on any atom is -0.322 e. The second kappa shape index (κ2) is 8.62. The molecule has 2 aromatic heterocycles. The maximum atomic E-state index is 12.5. The molecule has 4 aromatic rings. The predicted molar refractivity (Wildman–Crippen MR) is 121 cm³/mol. The van der Waals surface area contributed by atoms with Gasteiger partial charge in [0.25, 0.3) is 5.91 Å². The Morgan fingerprint density at radius 2 is 1.76 bits per heavy atom. The van der Waals surface area contributed by atoms with Crippen LogP contribution < -0.4 is 5.32 Å². The van der Waals surface area contributed by atoms with Gasteiger partial charge in [-0.25, -0.2) is 4.98 Å². The van der Waals surface area contributed by atoms with E-state index in [9.17, 15) is 4.79 Å². The van der Waals surface area contributed by atoms with Crippen LogP contribution in [0.15, 0.2) is 77.5 Å². The first-order chi connectivity index (χ1) is 14.1. The van der Waals surface area contributed by atoms with Gasteiger partial charge in [0.2, 0.25) is 0 Å². The Morgan fingerprint density at radius 3 is 2.48 bits per heavy atom. The molecule has 29 heavy (non-hydrogen) atoms. The number of hydrogen-bond donors (Lipinski definition) is 1. The zero-order valence-electron chi connectivity index (χ0n) is 16.2. The number of nitrogens with zero attached hydrogens (tertiary/aromatic N) is 2. The Kier molecular flexibility index (Phi) is 5.76. The molecule has 0 aliphatic heterocycles. The molecule has 0 aliphatic carbocycles. The number of aromatic nitrogens is 2. The summed E-state index contributed by atoms with van der Waals surface area (Å²) in [5, 5.41) is 2.96. The van der Waals surface area contributed by atoms with E-state index in [1.54, 1.807) is 0 Å². The third-order valence-corrected chi connectivity index (χ3v) is 5.36. The second-order valence-corrected chi connectivity index (χ2v) is 7.99. The largest absolute Gasteiger partial charge is 0.322 e. The molecule has 0 unspecified atom stereocenters. The fourth-order valence-corrected chi connectivity index (χ4v) is 3.59. The fourth-order valence-electron chi connectivity index (χ4n) is 3.24. The van der Waals surface area contributed by atoms with Crippen LogP contribution in [0.25, 0.3) is 16.9 Å². The van der Waals surface area contributed by atoms with Crippen LogP contribution in [0.5, 0.6) is 0 Å². The van der Waals surface area contributed by atoms with Crippen molar-refractivity contribution in [3.63, 3.8) is 0 Å². The molecule has 1 amide bonds. The first kappa shape index (κ1) is 19.4. The number of rotatable bonds is 6. The fraction of sp³-hybridized carbons (Fsp3) is 0.167. The smallest absolute Gasteiger partial charge is 0.255 e. The molecule has 0 radical (unpaired) electrons. The predicted octanol–water partition coefficient (Wildman–Crippen LogP) is 6.36. The lowest BCUT2D eigenvalue weighted by atomic mass is 10.1. The summed E-state index contributed by atoms with van der Waals surface area (Å²) < 4.78 is 2.99. The number of anilines is 1. The van der Waals surface area contributed by atoms with E-state index < -0.39 is 0 Å². The minimum atomic E-state index is -0.0997. The van der Waals surface area contributed by atoms with Gasteiger partial charge in [0.1, 0.15) is 5.65 Å². The van der Waals surface area contributed by atoms with E-state index in [-0.39, 0.29) is 5.91 Å². The van der Waals surface area contributed by atoms with Gasteiger partial charge in [-0.3, -0.25) is 4.79 Å². The van der Waals surface area contributed by atoms with Gasteiger partial charge in [-0.1, -0.05) is 37.6 Å². The number of halogens is 1. The molecule has 0 saturated heterocycles. The maximum absolute atomic E-state index is 12.5. The van der Waals surface area contributed by atoms with Crippen LogP contribution in [0, 0.1) is 0 Å². The van der Waals surface area contributed by atoms with Crippen LogP contribution in [0.2, 0.25) is 0 Å². The first-order valence-corrected chi connectivity index (χ1v) is 10.6. The lowest BCUT2D eigenvalue weighted by Gasteiger charge is -2.07. The monoisotopic (exact) mass is 447 g/mol. The van der Waals surface area contributed by atoms with Gasteiger partial charge >= 0.3 is 0 Å². The molecule has 0 spiro atoms. The molecular weight excluding hydrogens is 426 g/mol. The van der Waals surface area contributed by atoms with Crippen molar-refractivity contribution in [2.75, 3.05) is 5.32 Å². The summed E-state index contributed by atoms with van der Waals surface area (Å²) in [6, 6.07) is 19.6. The molecule has 0 atom stereocenters. The Hall–Kier alpha value is -2.92. The standard InChI is InChI=1S/C24H22BrN3O/c1-2-3-4-17-5-7-19(8-6-17)24(29)26-21-12-9-18(10-13-21)22-16-28-15-20(25)11-14-23(28)27-22/h5-16H,2-4H2,1H3,(H,26,29). The van der Waals surface area contributed by atoms with Crippen LogP contribution in [0.1, 0.15) is 35.7 Å². The molecule has 5 heteroatoms. The summed E-state index contributed by atoms with van der Waals surface area (Å²) in [4.78, 5) is 17.2. The average Bonchev–Trinajstić information content (AvgIpc) is 3.16. The van der Waals surface area contributed by atoms with Crippen molar-refractivity contribution in [1.82, 2.24) is 9.38 Å². The number of aryl methyl sites for hydroxylation is 1. The van der Waals surface area contributed by atoms with Crippen LogP contribution >= 0.6 is 15.9 Å². The summed E-state index contributed by atoms with van der Waals surface area (Å²) in [5.41, 5.74) is 5.49. The lowest BCUT2D eigenvalue weighted by molar-refractivity contribution is 0.102. The maximum Gasteiger partial charge on any atom is 0.255 e. The van der Waals surface area contributed by atoms with Crippen molar-refractivity contribution in [3.05, 3.63) is 88.7 Å². The van der Waals surface area contributed by atoms with E-state index in [0.29, 0.717) is 5.56 Å². The van der Waals surface area contributed by atoms with Crippen molar-refractivity contribution in [2.45, 2.75) is 26.2 Å². The quantitative estimate of drug-likeness (QED) is 0.373. The van der Waals surface area contributed by atoms with Gasteiger partial charge in [-0.05, 0) is 70.7 Å². The third-order valence-electron chi connectivity index (χ3n) is 4.89. The molecule has 4 nitrogen and oxygen atoms in total. The molecule has 0 aliphatic rings. The number of unbranched alkanes of at least 4 members (excludes halogenated alkanes) is 1. The van der Waals surface area contributed by atoms with E-state index in [1.807, 2.05) is 77.5 Å². The summed E-state index contributed by atoms with van der Waals surface area (Å²) in [5.74, 6) is -0.0997. The highest BCUT2D eigenvalue weighted by molar-refractivity contribution is 9.10. The topological polar surface area (TPSA) is 46.4 Å². The molecule has 4 rings (SSSR count). The molecule has 2 aromatic carbocycles. The van der Waals surface area contributed by atoms with Crippen LogP contribution in [0.4, 0.5) is 5.69 Å². The summed E-state index contributed by atoms with van der Waals surface area (Å²) in [6.45, 7) is 2.18. The van der Waals surface area contributed by atoms with Crippen molar-refractivity contribution < 1.29 is 4.79 Å². The van der Waals surface area contributed by atoms with Gasteiger partial charge in [-0.2, -0.15) is 0 Å². The Balaban J connectivity index is 1.45. The molecular formula is C24H22BrN3O. The number of imidazole rings is 1. The van der Waals surface area contributed by atoms with Crippen molar-refractivity contribution >= 4 is 33.2 Å². The normalized spacial score (nSPS) is 11.0. The number of hydrogen-bond acceptors (Lipinski definition) is 2. The summed E-state index contributed by atoms with van der Waals surface area (Å²) >= 11 is 3.48. The van der Waals surface area contributed by atoms with Crippen molar-refractivity contribution in [2.24, 2.45) is 0 Å². The number of carbonyl (C=O) groups is 1. The number of benzene rings is 2. The molecule has 0 bridgehead atoms. The highest BCUT2D eigenvalue weighted by Gasteiger charge is 2.08. The van der Waals surface area contributed by atoms with E-state index in [4.69, 9.17) is 0 Å². The van der Waals surface area contributed by atoms with E-state index in [2.05, 4.69) is 33.2 Å². The van der Waals surface area contributed by atoms with E-state index >= 15 is 0 Å². The van der Waals surface area contributed by atoms with Crippen LogP contribution in [-0.4, -0.2) is 15.3 Å². The second-order valence-electron chi connectivity index (χ2n) is 7.07. The lowest BCUT2D eigenvalue weighted by Crippen LogP contribution is -2.11. The van der Waals surface area contributed by atoms with E-state index in [0.717, 1.165) is 33.5 Å². The molecule has 0 saturated carbocycles. The zero-order chi connectivity index (χ0) is 20.2. The third kappa shape index (κ3) is 4.57. The van der Waals surface area contributed by atoms with Gasteiger partial charge in [0.15, 0.2) is 0 Å². The average molecular weight is 448 g/mol. The van der Waals surface area contributed by atoms with Gasteiger partial charge < -0.3 is 9.72 Å². The van der Waals surface area contributed by atoms with Crippen molar-refractivity contribution in [1.29, 1.82) is 0 Å². The van der Waals surface area contributed by atoms with E-state index in [1.165, 1.54) is 18.4 Å². The SMILES string of the molecule is CCCCc1ccc(C(=O)Nc2ccc(-c3cn4cc(Br)ccc4n3)cc2)cc1. The summed E-state index contributed by atoms with van der Waals surface area (Å²) in [7, 11) is 0. The van der Waals surface area contributed by atoms with Crippen LogP contribution in [-0.2, 0) is 6.42 Å². The Bertz CT molecular complexity index is 1130. The van der Waals surface area contributed by atoms with Gasteiger partial charge in [0, 0.05) is 33.7 Å². The Labute approximate surface area is 178 Å². The number of amides is 1. The van der Waals surface area contributed by atoms with Gasteiger partial charge in [0.05, 0.1) is 5.69 Å². The zero-order valence-corrected chi connectivity index (χ0v) is 17.8. The highest BCUT2D eigenvalue weighted by Crippen LogP contribution is 2.23. The molecule has 146 valence electrons. The molecule has 2 heterocycles. The highest BCUT2D eigenvalue weighted by atomic mass is 79.9. The summed E-state index contributed by atoms with van der Waals surface area (Å²) in [6.07, 6.45) is 7.37. The number of pyridine rings is 1. The molecule has 0 fully saturated rings. The number of fused-ring (bicyclic) bond motifs is 1. The molecule has 1 N–H and O–H groups in total. The van der Waals surface area contributed by atoms with Crippen molar-refractivity contribution in [3.8, 4) is 11.3 Å². The van der Waals surface area contributed by atoms with Gasteiger partial charge in [-0.15, -0.1) is 0 Å². The minimum absolute atomic E-state index is 0.0997. The Morgan fingerprint density at radius 1 is 1.00 bits per heavy atom. The number of carbonyl (C=O) groups excluding carboxylic acids is 1. The first-order valence-electron chi connectivity index (χ1n) is 9.77. The number of nitrogens with one attached hydrogen (secondary N) is 1. The van der Waals surface area contributed by atoms with Crippen LogP contribution in [0.3, 0.4) is 0 Å².